The molecule has 0 amide bonds. The average molecular weight is 1550 g/mol. The van der Waals surface area contributed by atoms with Gasteiger partial charge in [0.05, 0.1) is 57.8 Å². The second-order valence-electron chi connectivity index (χ2n) is 28.3. The number of anilines is 5. The van der Waals surface area contributed by atoms with Crippen molar-refractivity contribution in [1.82, 2.24) is 18.3 Å². The summed E-state index contributed by atoms with van der Waals surface area (Å²) in [5.41, 5.74) is 24.3. The Bertz CT molecular complexity index is 7890. The summed E-state index contributed by atoms with van der Waals surface area (Å²) in [6.07, 6.45) is 0. The number of nitrogens with zero attached hydrogens (tertiary/aromatic N) is 5. The minimum Gasteiger partial charge on any atom is -0.356 e. The highest BCUT2D eigenvalue weighted by Crippen LogP contribution is 2.44. The van der Waals surface area contributed by atoms with Gasteiger partial charge in [-0.3, -0.25) is 0 Å². The zero-order valence-corrected chi connectivity index (χ0v) is 63.7. The van der Waals surface area contributed by atoms with Crippen molar-refractivity contribution in [3.05, 3.63) is 453 Å². The number of rotatable bonds is 13. The summed E-state index contributed by atoms with van der Waals surface area (Å²) in [5.74, 6) is 0. The van der Waals surface area contributed by atoms with E-state index in [4.69, 9.17) is 13.7 Å². The van der Waals surface area contributed by atoms with E-state index in [1.807, 2.05) is 72.8 Å². The van der Waals surface area contributed by atoms with E-state index in [0.29, 0.717) is 11.1 Å². The van der Waals surface area contributed by atoms with Gasteiger partial charge in [-0.1, -0.05) is 295 Å². The van der Waals surface area contributed by atoms with Crippen molar-refractivity contribution in [2.45, 2.75) is 0 Å². The summed E-state index contributed by atoms with van der Waals surface area (Å²) in [6, 6.07) is 131. The van der Waals surface area contributed by atoms with Crippen molar-refractivity contribution in [3.63, 3.8) is 0 Å². The van der Waals surface area contributed by atoms with E-state index in [1.54, 1.807) is 12.1 Å². The molecule has 22 rings (SSSR count). The third kappa shape index (κ3) is 13.3. The number of benzene rings is 18. The highest BCUT2D eigenvalue weighted by Gasteiger charge is 2.21. The van der Waals surface area contributed by atoms with E-state index >= 15 is 0 Å². The Morgan fingerprint density at radius 3 is 1.00 bits per heavy atom. The smallest absolute Gasteiger partial charge is 0.0629 e. The lowest BCUT2D eigenvalue weighted by atomic mass is 10.0. The van der Waals surface area contributed by atoms with Crippen LogP contribution < -0.4 is 10.2 Å². The first kappa shape index (κ1) is 59.1. The van der Waals surface area contributed by atoms with Crippen LogP contribution in [0.3, 0.4) is 0 Å². The number of halogens is 1. The fraction of sp³-hybridized carbons (Fsp3) is 0. The molecule has 7 heteroatoms. The van der Waals surface area contributed by atoms with E-state index in [0.717, 1.165) is 110 Å². The van der Waals surface area contributed by atoms with Crippen molar-refractivity contribution >= 4 is 132 Å². The topological polar surface area (TPSA) is 35.0 Å². The standard InChI is InChI=1S/C54H37N3.C30H22N2.C24H16BrN/c1-4-15-38(16-5-1)39-27-30-44(31-28-39)55(46-32-34-53-50(37-46)48-24-11-13-26-52(48)56(53)42-18-6-2-7-19-42)45-22-14-17-40(35-45)41-29-33-49-47-23-10-12-25-51(47)57(54(49)36-41)43-20-8-3-9-21-43;1-3-9-22(10-4-1)23-15-17-24(18-16-23)31-25-19-20-30-28(21-25)27-13-7-8-14-29(27)32(30)26-11-5-2-6-12-26;25-19-8-6-7-17(15-19)18-13-14-22-21-11-4-5-12-23(21)26(24(22)16-18)20-9-2-1-3-10-20/h1-37H;1-21,31H;1-16H/i1D,4D,5D,15D,16D;1D,3D,4D,9D,10D;. The molecule has 0 aliphatic heterocycles. The molecule has 0 atom stereocenters. The maximum Gasteiger partial charge on any atom is 0.0629 e. The lowest BCUT2D eigenvalue weighted by Gasteiger charge is -2.26. The molecule has 6 nitrogen and oxygen atoms in total. The molecule has 0 aliphatic carbocycles. The largest absolute Gasteiger partial charge is 0.356 e. The molecule has 0 saturated carbocycles. The zero-order valence-electron chi connectivity index (χ0n) is 72.1. The van der Waals surface area contributed by atoms with Crippen LogP contribution in [-0.4, -0.2) is 18.3 Å². The molecule has 0 bridgehead atoms. The Morgan fingerprint density at radius 2 is 0.539 bits per heavy atom. The van der Waals surface area contributed by atoms with Gasteiger partial charge in [-0.15, -0.1) is 0 Å². The first-order chi connectivity index (χ1) is 61.1. The van der Waals surface area contributed by atoms with E-state index in [1.165, 1.54) is 54.8 Å². The van der Waals surface area contributed by atoms with Gasteiger partial charge in [0.1, 0.15) is 0 Å². The van der Waals surface area contributed by atoms with Crippen LogP contribution in [0, 0.1) is 0 Å². The Kier molecular flexibility index (Phi) is 15.7. The Labute approximate surface area is 690 Å². The number of fused-ring (bicyclic) bond motifs is 12. The van der Waals surface area contributed by atoms with Crippen molar-refractivity contribution in [1.29, 1.82) is 0 Å². The minimum atomic E-state index is -0.406. The van der Waals surface area contributed by atoms with Gasteiger partial charge in [0.25, 0.3) is 0 Å². The van der Waals surface area contributed by atoms with E-state index < -0.39 is 6.04 Å². The van der Waals surface area contributed by atoms with Crippen molar-refractivity contribution in [2.24, 2.45) is 0 Å². The third-order valence-corrected chi connectivity index (χ3v) is 22.0. The molecular weight excluding hydrogens is 1460 g/mol. The van der Waals surface area contributed by atoms with Gasteiger partial charge in [-0.05, 0) is 214 Å². The van der Waals surface area contributed by atoms with Gasteiger partial charge in [0.2, 0.25) is 0 Å². The zero-order chi connectivity index (χ0) is 85.3. The van der Waals surface area contributed by atoms with Crippen LogP contribution in [0.2, 0.25) is 0 Å². The maximum atomic E-state index is 8.65. The highest BCUT2D eigenvalue weighted by atomic mass is 79.9. The van der Waals surface area contributed by atoms with Gasteiger partial charge in [0, 0.05) is 98.7 Å². The molecule has 1 N–H and O–H groups in total. The Hall–Kier alpha value is -14.8. The summed E-state index contributed by atoms with van der Waals surface area (Å²) in [7, 11) is 0. The fourth-order valence-corrected chi connectivity index (χ4v) is 16.7. The average Bonchev–Trinajstić information content (AvgIpc) is 1.67. The lowest BCUT2D eigenvalue weighted by molar-refractivity contribution is 1.18. The van der Waals surface area contributed by atoms with Gasteiger partial charge in [-0.2, -0.15) is 0 Å². The predicted molar refractivity (Wildman–Crippen MR) is 491 cm³/mol. The monoisotopic (exact) mass is 1540 g/mol. The Balaban J connectivity index is 0.000000132. The normalized spacial score (nSPS) is 12.6. The molecule has 22 aromatic rings. The SMILES string of the molecule is Brc1cccc(-c2ccc3c4ccccc4n(-c4ccccc4)c3c2)c1.[2H]c1c([2H])c([2H])c(-c2ccc(N(c3cccc(-c4ccc5c6ccccc6n(-c6ccccc6)c5c4)c3)c3ccc4c(c3)c3ccccc3n4-c3ccccc3)cc2)c([2H])c1[2H].[2H]c1c([2H])c([2H])c(-c2ccc(Nc3ccc4c(c3)c3ccccc3n4-c3ccccc3)cc2)c([2H])c1[2H]. The molecule has 18 aromatic carbocycles. The molecular formula is C108H75BrN6. The highest BCUT2D eigenvalue weighted by molar-refractivity contribution is 9.10. The molecule has 0 aliphatic rings. The van der Waals surface area contributed by atoms with E-state index in [-0.39, 0.29) is 65.5 Å². The number of aromatic nitrogens is 4. The number of hydrogen-bond acceptors (Lipinski definition) is 2. The first-order valence-corrected chi connectivity index (χ1v) is 39.0. The summed E-state index contributed by atoms with van der Waals surface area (Å²) in [6.45, 7) is 0. The number of para-hydroxylation sites is 8. The molecule has 0 unspecified atom stereocenters. The third-order valence-electron chi connectivity index (χ3n) is 21.5. The van der Waals surface area contributed by atoms with Crippen molar-refractivity contribution < 1.29 is 13.7 Å². The van der Waals surface area contributed by atoms with Gasteiger partial charge >= 0.3 is 0 Å². The molecule has 544 valence electrons. The molecule has 115 heavy (non-hydrogen) atoms. The summed E-state index contributed by atoms with van der Waals surface area (Å²) in [4.78, 5) is 2.22. The molecule has 0 spiro atoms. The lowest BCUT2D eigenvalue weighted by Crippen LogP contribution is -2.10. The fourth-order valence-electron chi connectivity index (χ4n) is 16.3. The van der Waals surface area contributed by atoms with Crippen LogP contribution >= 0.6 is 15.9 Å². The predicted octanol–water partition coefficient (Wildman–Crippen LogP) is 30.1. The van der Waals surface area contributed by atoms with E-state index in [2.05, 4.69) is 348 Å². The summed E-state index contributed by atoms with van der Waals surface area (Å²) in [5, 5.41) is 13.0. The molecule has 4 aromatic heterocycles. The van der Waals surface area contributed by atoms with Crippen LogP contribution in [0.1, 0.15) is 13.7 Å². The van der Waals surface area contributed by atoms with Crippen molar-refractivity contribution in [3.8, 4) is 67.3 Å². The van der Waals surface area contributed by atoms with Gasteiger partial charge < -0.3 is 28.5 Å². The summed E-state index contributed by atoms with van der Waals surface area (Å²) >= 11 is 3.58. The summed E-state index contributed by atoms with van der Waals surface area (Å²) < 4.78 is 92.5. The van der Waals surface area contributed by atoms with Crippen LogP contribution in [0.15, 0.2) is 453 Å². The maximum absolute atomic E-state index is 8.65. The van der Waals surface area contributed by atoms with Gasteiger partial charge in [0.15, 0.2) is 0 Å². The number of hydrogen-bond donors (Lipinski definition) is 1. The van der Waals surface area contributed by atoms with E-state index in [9.17, 15) is 0 Å². The number of nitrogens with one attached hydrogen (secondary N) is 1. The molecule has 0 fully saturated rings. The van der Waals surface area contributed by atoms with Crippen LogP contribution in [0.25, 0.3) is 154 Å². The quantitative estimate of drug-likeness (QED) is 0.125. The van der Waals surface area contributed by atoms with Gasteiger partial charge in [-0.25, -0.2) is 0 Å². The second-order valence-corrected chi connectivity index (χ2v) is 29.2. The molecule has 0 radical (unpaired) electrons. The Morgan fingerprint density at radius 1 is 0.209 bits per heavy atom. The van der Waals surface area contributed by atoms with Crippen LogP contribution in [-0.2, 0) is 0 Å². The molecule has 4 heterocycles. The minimum absolute atomic E-state index is 0.176. The van der Waals surface area contributed by atoms with Crippen molar-refractivity contribution in [2.75, 3.05) is 10.2 Å². The van der Waals surface area contributed by atoms with Crippen LogP contribution in [0.4, 0.5) is 28.4 Å². The second kappa shape index (κ2) is 30.5. The molecule has 0 saturated heterocycles. The first-order valence-electron chi connectivity index (χ1n) is 43.2. The van der Waals surface area contributed by atoms with Crippen LogP contribution in [0.5, 0.6) is 0 Å².